The summed E-state index contributed by atoms with van der Waals surface area (Å²) in [4.78, 5) is 24.2. The average molecular weight is 231 g/mol. The van der Waals surface area contributed by atoms with Gasteiger partial charge in [-0.1, -0.05) is 6.92 Å². The number of likely N-dealkylation sites (N-methyl/N-ethyl adjacent to an activating group) is 1. The molecule has 6 nitrogen and oxygen atoms in total. The Morgan fingerprint density at radius 3 is 2.31 bits per heavy atom. The number of nitrogens with zero attached hydrogens (tertiary/aromatic N) is 1. The van der Waals surface area contributed by atoms with E-state index in [1.165, 1.54) is 6.92 Å². The second-order valence-electron chi connectivity index (χ2n) is 4.17. The summed E-state index contributed by atoms with van der Waals surface area (Å²) in [5.41, 5.74) is -1.21. The van der Waals surface area contributed by atoms with Crippen LogP contribution in [-0.2, 0) is 4.79 Å². The third kappa shape index (κ3) is 4.97. The number of hydrogen-bond acceptors (Lipinski definition) is 3. The van der Waals surface area contributed by atoms with Gasteiger partial charge in [0.1, 0.15) is 5.54 Å². The van der Waals surface area contributed by atoms with Crippen LogP contribution < -0.4 is 10.6 Å². The van der Waals surface area contributed by atoms with Crippen LogP contribution in [0.2, 0.25) is 0 Å². The Hall–Kier alpha value is -1.30. The van der Waals surface area contributed by atoms with E-state index in [-0.39, 0.29) is 0 Å². The van der Waals surface area contributed by atoms with Gasteiger partial charge in [-0.05, 0) is 27.4 Å². The summed E-state index contributed by atoms with van der Waals surface area (Å²) in [5.74, 6) is -1.03. The third-order valence-electron chi connectivity index (χ3n) is 2.41. The quantitative estimate of drug-likeness (QED) is 0.605. The molecule has 0 fully saturated rings. The lowest BCUT2D eigenvalue weighted by molar-refractivity contribution is -0.143. The molecule has 6 heteroatoms. The van der Waals surface area contributed by atoms with E-state index in [2.05, 4.69) is 10.6 Å². The van der Waals surface area contributed by atoms with Crippen molar-refractivity contribution in [1.82, 2.24) is 15.5 Å². The monoisotopic (exact) mass is 231 g/mol. The molecule has 2 amide bonds. The minimum absolute atomic E-state index is 0.337. The highest BCUT2D eigenvalue weighted by Crippen LogP contribution is 2.08. The van der Waals surface area contributed by atoms with Crippen LogP contribution in [-0.4, -0.2) is 54.7 Å². The summed E-state index contributed by atoms with van der Waals surface area (Å²) < 4.78 is 0. The van der Waals surface area contributed by atoms with Gasteiger partial charge in [0, 0.05) is 13.1 Å². The van der Waals surface area contributed by atoms with Crippen molar-refractivity contribution in [3.05, 3.63) is 0 Å². The SMILES string of the molecule is CCC(C)(NC(=O)NCCN(C)C)C(=O)O. The highest BCUT2D eigenvalue weighted by atomic mass is 16.4. The molecule has 0 spiro atoms. The second-order valence-corrected chi connectivity index (χ2v) is 4.17. The van der Waals surface area contributed by atoms with E-state index in [1.54, 1.807) is 6.92 Å². The first kappa shape index (κ1) is 14.7. The molecule has 1 atom stereocenters. The number of rotatable bonds is 6. The highest BCUT2D eigenvalue weighted by Gasteiger charge is 2.32. The smallest absolute Gasteiger partial charge is 0.329 e. The summed E-state index contributed by atoms with van der Waals surface area (Å²) in [6.07, 6.45) is 0.337. The van der Waals surface area contributed by atoms with Crippen molar-refractivity contribution < 1.29 is 14.7 Å². The molecule has 0 rings (SSSR count). The summed E-state index contributed by atoms with van der Waals surface area (Å²) in [6, 6.07) is -0.450. The van der Waals surface area contributed by atoms with Crippen molar-refractivity contribution >= 4 is 12.0 Å². The Morgan fingerprint density at radius 2 is 1.94 bits per heavy atom. The van der Waals surface area contributed by atoms with E-state index in [4.69, 9.17) is 5.11 Å². The molecule has 0 aromatic heterocycles. The molecule has 1 unspecified atom stereocenters. The van der Waals surface area contributed by atoms with Crippen LogP contribution in [0.15, 0.2) is 0 Å². The molecule has 3 N–H and O–H groups in total. The molecule has 0 radical (unpaired) electrons. The fourth-order valence-electron chi connectivity index (χ4n) is 0.981. The number of hydrogen-bond donors (Lipinski definition) is 3. The minimum Gasteiger partial charge on any atom is -0.480 e. The first-order valence-corrected chi connectivity index (χ1v) is 5.26. The number of carbonyl (C=O) groups excluding carboxylic acids is 1. The van der Waals surface area contributed by atoms with Crippen LogP contribution in [0.3, 0.4) is 0 Å². The Kier molecular flexibility index (Phi) is 5.81. The Balaban J connectivity index is 4.07. The predicted octanol–water partition coefficient (Wildman–Crippen LogP) is 0.101. The fraction of sp³-hybridized carbons (Fsp3) is 0.800. The van der Waals surface area contributed by atoms with Crippen LogP contribution in [0.1, 0.15) is 20.3 Å². The van der Waals surface area contributed by atoms with Gasteiger partial charge in [-0.2, -0.15) is 0 Å². The standard InChI is InChI=1S/C10H21N3O3/c1-5-10(2,8(14)15)12-9(16)11-6-7-13(3)4/h5-7H2,1-4H3,(H,14,15)(H2,11,12,16). The average Bonchev–Trinajstić information content (AvgIpc) is 2.16. The van der Waals surface area contributed by atoms with Crippen molar-refractivity contribution in [2.75, 3.05) is 27.2 Å². The molecule has 0 aliphatic carbocycles. The van der Waals surface area contributed by atoms with Crippen LogP contribution in [0.25, 0.3) is 0 Å². The molecule has 0 aromatic rings. The fourth-order valence-corrected chi connectivity index (χ4v) is 0.981. The predicted molar refractivity (Wildman–Crippen MR) is 61.4 cm³/mol. The van der Waals surface area contributed by atoms with Crippen molar-refractivity contribution in [2.24, 2.45) is 0 Å². The summed E-state index contributed by atoms with van der Waals surface area (Å²) in [6.45, 7) is 4.40. The van der Waals surface area contributed by atoms with E-state index >= 15 is 0 Å². The maximum atomic E-state index is 11.4. The van der Waals surface area contributed by atoms with Crippen molar-refractivity contribution in [2.45, 2.75) is 25.8 Å². The van der Waals surface area contributed by atoms with E-state index in [0.29, 0.717) is 19.5 Å². The van der Waals surface area contributed by atoms with Crippen LogP contribution in [0.5, 0.6) is 0 Å². The van der Waals surface area contributed by atoms with Gasteiger partial charge in [0.15, 0.2) is 0 Å². The van der Waals surface area contributed by atoms with Gasteiger partial charge in [0.2, 0.25) is 0 Å². The molecular weight excluding hydrogens is 210 g/mol. The highest BCUT2D eigenvalue weighted by molar-refractivity contribution is 5.85. The molecule has 0 bridgehead atoms. The lowest BCUT2D eigenvalue weighted by atomic mass is 10.00. The van der Waals surface area contributed by atoms with E-state index in [0.717, 1.165) is 0 Å². The molecule has 0 aromatic carbocycles. The Labute approximate surface area is 96.0 Å². The van der Waals surface area contributed by atoms with Gasteiger partial charge >= 0.3 is 12.0 Å². The maximum Gasteiger partial charge on any atom is 0.329 e. The Morgan fingerprint density at radius 1 is 1.38 bits per heavy atom. The molecule has 0 aliphatic rings. The lowest BCUT2D eigenvalue weighted by Crippen LogP contribution is -2.55. The van der Waals surface area contributed by atoms with Gasteiger partial charge in [-0.25, -0.2) is 9.59 Å². The third-order valence-corrected chi connectivity index (χ3v) is 2.41. The topological polar surface area (TPSA) is 81.7 Å². The summed E-state index contributed by atoms with van der Waals surface area (Å²) >= 11 is 0. The zero-order valence-corrected chi connectivity index (χ0v) is 10.3. The van der Waals surface area contributed by atoms with Crippen LogP contribution >= 0.6 is 0 Å². The van der Waals surface area contributed by atoms with Gasteiger partial charge in [-0.3, -0.25) is 0 Å². The van der Waals surface area contributed by atoms with Crippen molar-refractivity contribution in [3.63, 3.8) is 0 Å². The number of nitrogens with one attached hydrogen (secondary N) is 2. The largest absolute Gasteiger partial charge is 0.480 e. The lowest BCUT2D eigenvalue weighted by Gasteiger charge is -2.24. The summed E-state index contributed by atoms with van der Waals surface area (Å²) in [7, 11) is 3.79. The number of carboxylic acids is 1. The van der Waals surface area contributed by atoms with Crippen molar-refractivity contribution in [3.8, 4) is 0 Å². The normalized spacial score (nSPS) is 14.3. The first-order valence-electron chi connectivity index (χ1n) is 5.26. The van der Waals surface area contributed by atoms with E-state index in [1.807, 2.05) is 19.0 Å². The van der Waals surface area contributed by atoms with Crippen LogP contribution in [0, 0.1) is 0 Å². The molecule has 0 saturated heterocycles. The number of aliphatic carboxylic acids is 1. The van der Waals surface area contributed by atoms with Crippen LogP contribution in [0.4, 0.5) is 4.79 Å². The number of carbonyl (C=O) groups is 2. The second kappa shape index (κ2) is 6.32. The summed E-state index contributed by atoms with van der Waals surface area (Å²) in [5, 5.41) is 14.0. The molecule has 0 aliphatic heterocycles. The number of urea groups is 1. The van der Waals surface area contributed by atoms with Gasteiger partial charge < -0.3 is 20.6 Å². The first-order chi connectivity index (χ1) is 7.31. The number of carboxylic acid groups (broad SMARTS) is 1. The Bertz CT molecular complexity index is 256. The van der Waals surface area contributed by atoms with Gasteiger partial charge in [-0.15, -0.1) is 0 Å². The maximum absolute atomic E-state index is 11.4. The molecule has 0 heterocycles. The zero-order valence-electron chi connectivity index (χ0n) is 10.3. The minimum atomic E-state index is -1.21. The van der Waals surface area contributed by atoms with Crippen molar-refractivity contribution in [1.29, 1.82) is 0 Å². The zero-order chi connectivity index (χ0) is 12.8. The van der Waals surface area contributed by atoms with E-state index < -0.39 is 17.5 Å². The number of amides is 2. The van der Waals surface area contributed by atoms with Gasteiger partial charge in [0.05, 0.1) is 0 Å². The van der Waals surface area contributed by atoms with E-state index in [9.17, 15) is 9.59 Å². The van der Waals surface area contributed by atoms with Gasteiger partial charge in [0.25, 0.3) is 0 Å². The molecule has 0 saturated carbocycles. The molecule has 16 heavy (non-hydrogen) atoms. The molecular formula is C10H21N3O3. The molecule has 94 valence electrons.